The van der Waals surface area contributed by atoms with E-state index in [1.165, 1.54) is 0 Å². The minimum absolute atomic E-state index is 0.699. The number of allylic oxidation sites excluding steroid dienone is 4. The summed E-state index contributed by atoms with van der Waals surface area (Å²) < 4.78 is 5.97. The van der Waals surface area contributed by atoms with Crippen LogP contribution in [0, 0.1) is 11.8 Å². The predicted molar refractivity (Wildman–Crippen MR) is 76.7 cm³/mol. The molecule has 0 amide bonds. The molecule has 1 nitrogen and oxygen atoms in total. The van der Waals surface area contributed by atoms with Crippen LogP contribution in [-0.4, -0.2) is 0 Å². The van der Waals surface area contributed by atoms with E-state index in [9.17, 15) is 0 Å². The van der Waals surface area contributed by atoms with E-state index in [2.05, 4.69) is 53.7 Å². The fourth-order valence-corrected chi connectivity index (χ4v) is 1.42. The average molecular weight is 238 g/mol. The molecule has 0 aromatic carbocycles. The molecule has 0 aliphatic carbocycles. The van der Waals surface area contributed by atoms with Crippen LogP contribution in [0.4, 0.5) is 0 Å². The minimum atomic E-state index is 0.699. The normalized spacial score (nSPS) is 13.6. The summed E-state index contributed by atoms with van der Waals surface area (Å²) in [6.07, 6.45) is 8.64. The van der Waals surface area contributed by atoms with E-state index in [0.717, 1.165) is 37.2 Å². The van der Waals surface area contributed by atoms with Crippen molar-refractivity contribution in [2.24, 2.45) is 11.8 Å². The second-order valence-electron chi connectivity index (χ2n) is 5.41. The van der Waals surface area contributed by atoms with Gasteiger partial charge in [0.1, 0.15) is 0 Å². The van der Waals surface area contributed by atoms with E-state index in [1.807, 2.05) is 0 Å². The van der Waals surface area contributed by atoms with Crippen molar-refractivity contribution in [2.75, 3.05) is 0 Å². The fourth-order valence-electron chi connectivity index (χ4n) is 1.42. The molecule has 0 spiro atoms. The molecule has 0 saturated carbocycles. The van der Waals surface area contributed by atoms with Crippen LogP contribution in [0.25, 0.3) is 0 Å². The third-order valence-electron chi connectivity index (χ3n) is 2.59. The van der Waals surface area contributed by atoms with Crippen LogP contribution in [0.5, 0.6) is 0 Å². The van der Waals surface area contributed by atoms with Gasteiger partial charge in [-0.3, -0.25) is 0 Å². The zero-order valence-electron chi connectivity index (χ0n) is 12.5. The molecule has 100 valence electrons. The first kappa shape index (κ1) is 16.3. The summed E-state index contributed by atoms with van der Waals surface area (Å²) in [6, 6.07) is 0. The van der Waals surface area contributed by atoms with Crippen molar-refractivity contribution in [3.8, 4) is 0 Å². The zero-order chi connectivity index (χ0) is 13.3. The van der Waals surface area contributed by atoms with E-state index >= 15 is 0 Å². The van der Waals surface area contributed by atoms with Gasteiger partial charge in [-0.2, -0.15) is 0 Å². The Kier molecular flexibility index (Phi) is 8.93. The van der Waals surface area contributed by atoms with Gasteiger partial charge in [0, 0.05) is 12.8 Å². The molecule has 0 aromatic heterocycles. The van der Waals surface area contributed by atoms with Gasteiger partial charge in [-0.05, 0) is 36.8 Å². The lowest BCUT2D eigenvalue weighted by Crippen LogP contribution is -1.95. The van der Waals surface area contributed by atoms with E-state index < -0.39 is 0 Å². The first-order chi connectivity index (χ1) is 7.99. The molecule has 17 heavy (non-hydrogen) atoms. The number of hydrogen-bond donors (Lipinski definition) is 0. The highest BCUT2D eigenvalue weighted by atomic mass is 16.5. The van der Waals surface area contributed by atoms with Gasteiger partial charge >= 0.3 is 0 Å². The Morgan fingerprint density at radius 3 is 1.41 bits per heavy atom. The minimum Gasteiger partial charge on any atom is -0.467 e. The van der Waals surface area contributed by atoms with Gasteiger partial charge in [0.15, 0.2) is 0 Å². The van der Waals surface area contributed by atoms with Gasteiger partial charge in [0.2, 0.25) is 0 Å². The van der Waals surface area contributed by atoms with E-state index in [0.29, 0.717) is 11.8 Å². The van der Waals surface area contributed by atoms with Gasteiger partial charge < -0.3 is 4.74 Å². The number of hydrogen-bond acceptors (Lipinski definition) is 1. The van der Waals surface area contributed by atoms with E-state index in [4.69, 9.17) is 4.74 Å². The van der Waals surface area contributed by atoms with Gasteiger partial charge in [-0.15, -0.1) is 0 Å². The van der Waals surface area contributed by atoms with Crippen LogP contribution in [0.1, 0.15) is 67.2 Å². The maximum Gasteiger partial charge on any atom is 0.0993 e. The topological polar surface area (TPSA) is 9.23 Å². The quantitative estimate of drug-likeness (QED) is 0.494. The molecule has 0 atom stereocenters. The molecule has 0 aliphatic rings. The Bertz CT molecular complexity index is 220. The Balaban J connectivity index is 4.40. The molecule has 0 rings (SSSR count). The lowest BCUT2D eigenvalue weighted by Gasteiger charge is -2.12. The molecular formula is C16H30O. The van der Waals surface area contributed by atoms with Crippen LogP contribution in [-0.2, 0) is 4.74 Å². The van der Waals surface area contributed by atoms with Crippen LogP contribution < -0.4 is 0 Å². The van der Waals surface area contributed by atoms with Crippen LogP contribution in [0.2, 0.25) is 0 Å². The predicted octanol–water partition coefficient (Wildman–Crippen LogP) is 5.68. The second-order valence-corrected chi connectivity index (χ2v) is 5.41. The first-order valence-electron chi connectivity index (χ1n) is 7.05. The second kappa shape index (κ2) is 9.32. The molecule has 0 saturated heterocycles. The lowest BCUT2D eigenvalue weighted by molar-refractivity contribution is 0.278. The van der Waals surface area contributed by atoms with Crippen molar-refractivity contribution < 1.29 is 4.74 Å². The summed E-state index contributed by atoms with van der Waals surface area (Å²) in [5.41, 5.74) is 0. The van der Waals surface area contributed by atoms with E-state index in [1.54, 1.807) is 0 Å². The van der Waals surface area contributed by atoms with E-state index in [-0.39, 0.29) is 0 Å². The van der Waals surface area contributed by atoms with Crippen LogP contribution in [0.15, 0.2) is 23.7 Å². The van der Waals surface area contributed by atoms with Crippen molar-refractivity contribution in [2.45, 2.75) is 67.2 Å². The molecule has 0 radical (unpaired) electrons. The third-order valence-corrected chi connectivity index (χ3v) is 2.59. The zero-order valence-corrected chi connectivity index (χ0v) is 12.5. The standard InChI is InChI=1S/C16H30O/c1-7-15(11-9-13(3)4)17-16(8-2)12-10-14(5)6/h11-14H,7-10H2,1-6H3. The van der Waals surface area contributed by atoms with Crippen molar-refractivity contribution in [1.82, 2.24) is 0 Å². The molecule has 0 fully saturated rings. The largest absolute Gasteiger partial charge is 0.467 e. The Labute approximate surface area is 108 Å². The van der Waals surface area contributed by atoms with Crippen LogP contribution >= 0.6 is 0 Å². The molecule has 1 heteroatoms. The molecule has 0 heterocycles. The molecule has 0 bridgehead atoms. The van der Waals surface area contributed by atoms with Gasteiger partial charge in [-0.25, -0.2) is 0 Å². The van der Waals surface area contributed by atoms with Gasteiger partial charge in [0.05, 0.1) is 11.5 Å². The Morgan fingerprint density at radius 2 is 1.18 bits per heavy atom. The number of ether oxygens (including phenoxy) is 1. The smallest absolute Gasteiger partial charge is 0.0993 e. The summed E-state index contributed by atoms with van der Waals surface area (Å²) in [5, 5.41) is 0. The molecule has 0 aliphatic heterocycles. The Hall–Kier alpha value is -0.720. The average Bonchev–Trinajstić information content (AvgIpc) is 2.27. The molecule has 0 unspecified atom stereocenters. The maximum absolute atomic E-state index is 5.97. The highest BCUT2D eigenvalue weighted by molar-refractivity contribution is 5.02. The maximum atomic E-state index is 5.97. The highest BCUT2D eigenvalue weighted by Crippen LogP contribution is 2.17. The summed E-state index contributed by atoms with van der Waals surface area (Å²) in [6.45, 7) is 13.3. The first-order valence-corrected chi connectivity index (χ1v) is 7.05. The summed E-state index contributed by atoms with van der Waals surface area (Å²) in [7, 11) is 0. The van der Waals surface area contributed by atoms with Gasteiger partial charge in [-0.1, -0.05) is 41.5 Å². The van der Waals surface area contributed by atoms with Crippen molar-refractivity contribution in [3.05, 3.63) is 23.7 Å². The summed E-state index contributed by atoms with van der Waals surface area (Å²) >= 11 is 0. The highest BCUT2D eigenvalue weighted by Gasteiger charge is 2.02. The molecule has 0 N–H and O–H groups in total. The Morgan fingerprint density at radius 1 is 0.824 bits per heavy atom. The molecular weight excluding hydrogens is 208 g/mol. The summed E-state index contributed by atoms with van der Waals surface area (Å²) in [5.74, 6) is 3.64. The van der Waals surface area contributed by atoms with Crippen molar-refractivity contribution >= 4 is 0 Å². The SMILES string of the molecule is CCC(=CCC(C)C)OC(=CCC(C)C)CC. The third kappa shape index (κ3) is 9.02. The van der Waals surface area contributed by atoms with Crippen molar-refractivity contribution in [1.29, 1.82) is 0 Å². The van der Waals surface area contributed by atoms with Crippen molar-refractivity contribution in [3.63, 3.8) is 0 Å². The van der Waals surface area contributed by atoms with Gasteiger partial charge in [0.25, 0.3) is 0 Å². The molecule has 0 aromatic rings. The summed E-state index contributed by atoms with van der Waals surface area (Å²) in [4.78, 5) is 0. The monoisotopic (exact) mass is 238 g/mol. The fraction of sp³-hybridized carbons (Fsp3) is 0.750. The lowest BCUT2D eigenvalue weighted by atomic mass is 10.1. The number of rotatable bonds is 8. The van der Waals surface area contributed by atoms with Crippen LogP contribution in [0.3, 0.4) is 0 Å².